The number of likely N-dealkylation sites (N-methyl/N-ethyl adjacent to an activating group) is 2. The summed E-state index contributed by atoms with van der Waals surface area (Å²) in [6, 6.07) is 2.09. The summed E-state index contributed by atoms with van der Waals surface area (Å²) < 4.78 is 5.21. The summed E-state index contributed by atoms with van der Waals surface area (Å²) in [6.07, 6.45) is 0. The Morgan fingerprint density at radius 2 is 2.31 bits per heavy atom. The first-order valence-corrected chi connectivity index (χ1v) is 4.57. The van der Waals surface area contributed by atoms with E-state index in [4.69, 9.17) is 10.00 Å². The van der Waals surface area contributed by atoms with Crippen molar-refractivity contribution in [2.45, 2.75) is 13.0 Å². The maximum atomic E-state index is 8.68. The summed E-state index contributed by atoms with van der Waals surface area (Å²) in [5.41, 5.74) is 0. The van der Waals surface area contributed by atoms with E-state index in [-0.39, 0.29) is 6.04 Å². The SMILES string of the molecule is CCOCCN(C)CC(C#N)NC. The quantitative estimate of drug-likeness (QED) is 0.570. The van der Waals surface area contributed by atoms with Gasteiger partial charge in [0.2, 0.25) is 0 Å². The van der Waals surface area contributed by atoms with Crippen LogP contribution in [0.1, 0.15) is 6.92 Å². The molecule has 1 atom stereocenters. The predicted molar refractivity (Wildman–Crippen MR) is 52.5 cm³/mol. The number of ether oxygens (including phenoxy) is 1. The van der Waals surface area contributed by atoms with Crippen molar-refractivity contribution in [2.75, 3.05) is 40.4 Å². The zero-order chi connectivity index (χ0) is 10.1. The maximum Gasteiger partial charge on any atom is 0.108 e. The standard InChI is InChI=1S/C9H19N3O/c1-4-13-6-5-12(3)8-9(7-10)11-2/h9,11H,4-6,8H2,1-3H3. The molecule has 0 bridgehead atoms. The van der Waals surface area contributed by atoms with E-state index >= 15 is 0 Å². The van der Waals surface area contributed by atoms with Crippen LogP contribution in [0.25, 0.3) is 0 Å². The molecule has 4 nitrogen and oxygen atoms in total. The van der Waals surface area contributed by atoms with Crippen molar-refractivity contribution in [3.05, 3.63) is 0 Å². The fourth-order valence-electron chi connectivity index (χ4n) is 0.964. The summed E-state index contributed by atoms with van der Waals surface area (Å²) in [7, 11) is 3.78. The Balaban J connectivity index is 3.49. The Hall–Kier alpha value is -0.630. The van der Waals surface area contributed by atoms with Crippen LogP contribution in [0.3, 0.4) is 0 Å². The molecule has 0 aromatic rings. The zero-order valence-corrected chi connectivity index (χ0v) is 8.71. The van der Waals surface area contributed by atoms with Gasteiger partial charge in [-0.15, -0.1) is 0 Å². The third kappa shape index (κ3) is 6.52. The van der Waals surface area contributed by atoms with Crippen LogP contribution in [0, 0.1) is 11.3 Å². The molecule has 0 aromatic carbocycles. The second-order valence-electron chi connectivity index (χ2n) is 2.93. The molecule has 0 heterocycles. The van der Waals surface area contributed by atoms with Gasteiger partial charge in [-0.3, -0.25) is 0 Å². The number of hydrogen-bond donors (Lipinski definition) is 1. The Morgan fingerprint density at radius 1 is 1.62 bits per heavy atom. The molecule has 0 saturated carbocycles. The van der Waals surface area contributed by atoms with Crippen LogP contribution in [0.4, 0.5) is 0 Å². The second-order valence-corrected chi connectivity index (χ2v) is 2.93. The van der Waals surface area contributed by atoms with E-state index in [1.165, 1.54) is 0 Å². The van der Waals surface area contributed by atoms with Crippen LogP contribution >= 0.6 is 0 Å². The van der Waals surface area contributed by atoms with Crippen LogP contribution in [0.2, 0.25) is 0 Å². The summed E-state index contributed by atoms with van der Waals surface area (Å²) >= 11 is 0. The van der Waals surface area contributed by atoms with Crippen molar-refractivity contribution in [3.8, 4) is 6.07 Å². The van der Waals surface area contributed by atoms with Crippen molar-refractivity contribution in [1.82, 2.24) is 10.2 Å². The number of nitrogens with one attached hydrogen (secondary N) is 1. The first-order chi connectivity index (χ1) is 6.24. The van der Waals surface area contributed by atoms with Crippen molar-refractivity contribution >= 4 is 0 Å². The lowest BCUT2D eigenvalue weighted by Gasteiger charge is -2.18. The largest absolute Gasteiger partial charge is 0.380 e. The highest BCUT2D eigenvalue weighted by Crippen LogP contribution is 1.88. The molecule has 1 N–H and O–H groups in total. The topological polar surface area (TPSA) is 48.3 Å². The van der Waals surface area contributed by atoms with Crippen LogP contribution < -0.4 is 5.32 Å². The van der Waals surface area contributed by atoms with Gasteiger partial charge in [0, 0.05) is 19.7 Å². The van der Waals surface area contributed by atoms with Gasteiger partial charge in [-0.1, -0.05) is 0 Å². The Bertz CT molecular complexity index is 155. The average molecular weight is 185 g/mol. The van der Waals surface area contributed by atoms with Crippen LogP contribution in [-0.4, -0.2) is 51.3 Å². The summed E-state index contributed by atoms with van der Waals surface area (Å²) in [5.74, 6) is 0. The lowest BCUT2D eigenvalue weighted by Crippen LogP contribution is -2.37. The van der Waals surface area contributed by atoms with E-state index in [1.807, 2.05) is 14.0 Å². The molecule has 0 radical (unpaired) electrons. The highest BCUT2D eigenvalue weighted by Gasteiger charge is 2.06. The number of rotatable bonds is 7. The van der Waals surface area contributed by atoms with E-state index in [9.17, 15) is 0 Å². The smallest absolute Gasteiger partial charge is 0.108 e. The van der Waals surface area contributed by atoms with E-state index in [1.54, 1.807) is 7.05 Å². The minimum atomic E-state index is -0.0911. The van der Waals surface area contributed by atoms with Crippen LogP contribution in [-0.2, 0) is 4.74 Å². The maximum absolute atomic E-state index is 8.68. The monoisotopic (exact) mass is 185 g/mol. The fourth-order valence-corrected chi connectivity index (χ4v) is 0.964. The molecule has 1 unspecified atom stereocenters. The first-order valence-electron chi connectivity index (χ1n) is 4.57. The molecule has 0 aromatic heterocycles. The third-order valence-corrected chi connectivity index (χ3v) is 1.82. The van der Waals surface area contributed by atoms with Gasteiger partial charge in [-0.2, -0.15) is 5.26 Å². The van der Waals surface area contributed by atoms with Gasteiger partial charge in [0.1, 0.15) is 6.04 Å². The molecule has 0 amide bonds. The van der Waals surface area contributed by atoms with Gasteiger partial charge < -0.3 is 15.0 Å². The summed E-state index contributed by atoms with van der Waals surface area (Å²) in [5, 5.41) is 11.6. The number of nitrogens with zero attached hydrogens (tertiary/aromatic N) is 2. The molecule has 0 spiro atoms. The number of hydrogen-bond acceptors (Lipinski definition) is 4. The van der Waals surface area contributed by atoms with Crippen molar-refractivity contribution in [1.29, 1.82) is 5.26 Å². The Morgan fingerprint density at radius 3 is 2.77 bits per heavy atom. The van der Waals surface area contributed by atoms with E-state index in [0.29, 0.717) is 0 Å². The van der Waals surface area contributed by atoms with Gasteiger partial charge in [0.15, 0.2) is 0 Å². The second kappa shape index (κ2) is 7.99. The molecule has 13 heavy (non-hydrogen) atoms. The van der Waals surface area contributed by atoms with Crippen LogP contribution in [0.5, 0.6) is 0 Å². The summed E-state index contributed by atoms with van der Waals surface area (Å²) in [4.78, 5) is 2.08. The lowest BCUT2D eigenvalue weighted by atomic mass is 10.3. The molecule has 4 heteroatoms. The van der Waals surface area contributed by atoms with Crippen molar-refractivity contribution < 1.29 is 4.74 Å². The minimum absolute atomic E-state index is 0.0911. The van der Waals surface area contributed by atoms with Gasteiger partial charge in [-0.25, -0.2) is 0 Å². The third-order valence-electron chi connectivity index (χ3n) is 1.82. The normalized spacial score (nSPS) is 12.8. The molecule has 0 aliphatic rings. The molecular weight excluding hydrogens is 166 g/mol. The van der Waals surface area contributed by atoms with Gasteiger partial charge >= 0.3 is 0 Å². The number of nitriles is 1. The van der Waals surface area contributed by atoms with Gasteiger partial charge in [0.25, 0.3) is 0 Å². The van der Waals surface area contributed by atoms with Crippen molar-refractivity contribution in [3.63, 3.8) is 0 Å². The average Bonchev–Trinajstić information content (AvgIpc) is 2.14. The zero-order valence-electron chi connectivity index (χ0n) is 8.71. The van der Waals surface area contributed by atoms with E-state index in [2.05, 4.69) is 16.3 Å². The first kappa shape index (κ1) is 12.4. The lowest BCUT2D eigenvalue weighted by molar-refractivity contribution is 0.121. The van der Waals surface area contributed by atoms with E-state index in [0.717, 1.165) is 26.3 Å². The van der Waals surface area contributed by atoms with E-state index < -0.39 is 0 Å². The van der Waals surface area contributed by atoms with Crippen LogP contribution in [0.15, 0.2) is 0 Å². The molecule has 0 fully saturated rings. The molecule has 0 aliphatic heterocycles. The molecule has 76 valence electrons. The fraction of sp³-hybridized carbons (Fsp3) is 0.889. The predicted octanol–water partition coefficient (Wildman–Crippen LogP) is 0.0663. The Labute approximate surface area is 80.5 Å². The minimum Gasteiger partial charge on any atom is -0.380 e. The molecule has 0 saturated heterocycles. The highest BCUT2D eigenvalue weighted by molar-refractivity contribution is 4.90. The van der Waals surface area contributed by atoms with Gasteiger partial charge in [-0.05, 0) is 21.0 Å². The van der Waals surface area contributed by atoms with Crippen molar-refractivity contribution in [2.24, 2.45) is 0 Å². The highest BCUT2D eigenvalue weighted by atomic mass is 16.5. The molecular formula is C9H19N3O. The van der Waals surface area contributed by atoms with Gasteiger partial charge in [0.05, 0.1) is 12.7 Å². The molecule has 0 aliphatic carbocycles. The summed E-state index contributed by atoms with van der Waals surface area (Å²) in [6.45, 7) is 5.07. The Kier molecular flexibility index (Phi) is 7.60. The molecule has 0 rings (SSSR count).